The Morgan fingerprint density at radius 3 is 2.09 bits per heavy atom. The average Bonchev–Trinajstić information content (AvgIpc) is 2.97. The van der Waals surface area contributed by atoms with Crippen LogP contribution in [0.25, 0.3) is 0 Å². The molecule has 0 amide bonds. The molecule has 0 saturated carbocycles. The number of alkyl halides is 5. The van der Waals surface area contributed by atoms with Crippen molar-refractivity contribution in [2.45, 2.75) is 126 Å². The normalized spacial score (nSPS) is 20.8. The maximum absolute atomic E-state index is 13.8. The minimum Gasteiger partial charge on any atom is -0.508 e. The van der Waals surface area contributed by atoms with Gasteiger partial charge in [0.05, 0.1) is 5.41 Å². The van der Waals surface area contributed by atoms with Gasteiger partial charge in [-0.2, -0.15) is 22.0 Å². The summed E-state index contributed by atoms with van der Waals surface area (Å²) in [6.45, 7) is 5.97. The molecule has 10 heteroatoms. The molecule has 4 atom stereocenters. The Hall–Kier alpha value is -2.49. The molecule has 1 aliphatic heterocycles. The number of thioether (sulfide) groups is 1. The van der Waals surface area contributed by atoms with E-state index < -0.39 is 47.7 Å². The summed E-state index contributed by atoms with van der Waals surface area (Å²) in [5.74, 6) is -6.02. The number of rotatable bonds is 17. The molecule has 4 unspecified atom stereocenters. The minimum atomic E-state index is -5.65. The first-order valence-corrected chi connectivity index (χ1v) is 17.0. The number of carboxylic acid groups (broad SMARTS) is 1. The molecule has 2 aromatic carbocycles. The van der Waals surface area contributed by atoms with Gasteiger partial charge in [-0.15, -0.1) is 11.8 Å². The van der Waals surface area contributed by atoms with E-state index in [9.17, 15) is 42.1 Å². The summed E-state index contributed by atoms with van der Waals surface area (Å²) in [4.78, 5) is 14.3. The smallest absolute Gasteiger partial charge is 0.453 e. The van der Waals surface area contributed by atoms with Crippen molar-refractivity contribution in [3.05, 3.63) is 53.6 Å². The Morgan fingerprint density at radius 1 is 0.889 bits per heavy atom. The Morgan fingerprint density at radius 2 is 1.49 bits per heavy atom. The van der Waals surface area contributed by atoms with Crippen molar-refractivity contribution in [3.63, 3.8) is 0 Å². The maximum atomic E-state index is 13.8. The number of unbranched alkanes of at least 4 members (excludes halogenated alkanes) is 6. The summed E-state index contributed by atoms with van der Waals surface area (Å²) >= 11 is 1.56. The fourth-order valence-corrected chi connectivity index (χ4v) is 8.58. The first-order valence-electron chi connectivity index (χ1n) is 16.1. The van der Waals surface area contributed by atoms with E-state index in [0.717, 1.165) is 54.5 Å². The quantitative estimate of drug-likeness (QED) is 0.116. The zero-order valence-electron chi connectivity index (χ0n) is 26.4. The van der Waals surface area contributed by atoms with Crippen LogP contribution in [0.5, 0.6) is 11.5 Å². The van der Waals surface area contributed by atoms with E-state index in [0.29, 0.717) is 12.2 Å². The molecule has 0 fully saturated rings. The molecule has 3 N–H and O–H groups in total. The fourth-order valence-electron chi connectivity index (χ4n) is 7.21. The highest BCUT2D eigenvalue weighted by molar-refractivity contribution is 7.99. The lowest BCUT2D eigenvalue weighted by molar-refractivity contribution is -0.284. The van der Waals surface area contributed by atoms with E-state index in [1.54, 1.807) is 43.0 Å². The predicted molar refractivity (Wildman–Crippen MR) is 168 cm³/mol. The molecule has 0 aliphatic carbocycles. The number of carboxylic acids is 1. The van der Waals surface area contributed by atoms with E-state index in [2.05, 4.69) is 13.8 Å². The second-order valence-corrected chi connectivity index (χ2v) is 13.9. The van der Waals surface area contributed by atoms with Gasteiger partial charge in [0.15, 0.2) is 0 Å². The molecular formula is C35H47F5O4S. The Bertz CT molecular complexity index is 1250. The third kappa shape index (κ3) is 8.46. The maximum Gasteiger partial charge on any atom is 0.453 e. The van der Waals surface area contributed by atoms with Crippen molar-refractivity contribution in [2.75, 3.05) is 5.75 Å². The van der Waals surface area contributed by atoms with Crippen molar-refractivity contribution in [3.8, 4) is 11.5 Å². The third-order valence-electron chi connectivity index (χ3n) is 9.89. The molecule has 1 heterocycles. The van der Waals surface area contributed by atoms with E-state index in [4.69, 9.17) is 0 Å². The fraction of sp³-hybridized carbons (Fsp3) is 0.629. The molecule has 45 heavy (non-hydrogen) atoms. The molecule has 0 radical (unpaired) electrons. The highest BCUT2D eigenvalue weighted by Gasteiger charge is 2.57. The van der Waals surface area contributed by atoms with Crippen molar-refractivity contribution in [2.24, 2.45) is 11.3 Å². The Kier molecular flexibility index (Phi) is 12.7. The van der Waals surface area contributed by atoms with E-state index in [1.807, 2.05) is 18.2 Å². The standard InChI is InChI=1S/C35H47F5O4S/c1-4-6-7-8-9-10-13-28(33(5-2,31(43)44)20-11-12-21-34(36,37)35(38,39)40)30-27-19-18-26(42)22-29(27)45-23-32(30,3)24-14-16-25(41)17-15-24/h14-19,22,28,30,41-42H,4-13,20-21,23H2,1-3H3,(H,43,44). The lowest BCUT2D eigenvalue weighted by Gasteiger charge is -2.51. The Labute approximate surface area is 267 Å². The van der Waals surface area contributed by atoms with Crippen LogP contribution in [0.15, 0.2) is 47.4 Å². The lowest BCUT2D eigenvalue weighted by Crippen LogP contribution is -2.49. The van der Waals surface area contributed by atoms with Gasteiger partial charge in [0, 0.05) is 22.5 Å². The molecule has 0 bridgehead atoms. The van der Waals surface area contributed by atoms with Crippen LogP contribution >= 0.6 is 11.8 Å². The summed E-state index contributed by atoms with van der Waals surface area (Å²) in [7, 11) is 0. The molecule has 2 aromatic rings. The second kappa shape index (κ2) is 15.4. The van der Waals surface area contributed by atoms with Crippen molar-refractivity contribution >= 4 is 17.7 Å². The minimum absolute atomic E-state index is 0.0318. The highest BCUT2D eigenvalue weighted by atomic mass is 32.2. The summed E-state index contributed by atoms with van der Waals surface area (Å²) in [6, 6.07) is 12.0. The molecule has 3 rings (SSSR count). The zero-order valence-corrected chi connectivity index (χ0v) is 27.3. The van der Waals surface area contributed by atoms with Crippen LogP contribution in [0.3, 0.4) is 0 Å². The topological polar surface area (TPSA) is 77.8 Å². The monoisotopic (exact) mass is 658 g/mol. The van der Waals surface area contributed by atoms with Gasteiger partial charge in [-0.3, -0.25) is 4.79 Å². The summed E-state index contributed by atoms with van der Waals surface area (Å²) < 4.78 is 66.2. The molecule has 0 spiro atoms. The molecular weight excluding hydrogens is 611 g/mol. The second-order valence-electron chi connectivity index (χ2n) is 12.8. The van der Waals surface area contributed by atoms with Crippen LogP contribution in [-0.2, 0) is 10.2 Å². The number of aromatic hydroxyl groups is 2. The van der Waals surface area contributed by atoms with Crippen LogP contribution in [0, 0.1) is 11.3 Å². The third-order valence-corrected chi connectivity index (χ3v) is 11.3. The Balaban J connectivity index is 2.11. The van der Waals surface area contributed by atoms with Crippen LogP contribution in [0.1, 0.15) is 115 Å². The predicted octanol–water partition coefficient (Wildman–Crippen LogP) is 10.9. The van der Waals surface area contributed by atoms with Gasteiger partial charge in [-0.1, -0.05) is 83.9 Å². The van der Waals surface area contributed by atoms with Gasteiger partial charge < -0.3 is 15.3 Å². The number of hydrogen-bond donors (Lipinski definition) is 3. The van der Waals surface area contributed by atoms with Gasteiger partial charge in [-0.05, 0) is 72.9 Å². The van der Waals surface area contributed by atoms with Gasteiger partial charge in [0.2, 0.25) is 0 Å². The number of phenols is 2. The average molecular weight is 659 g/mol. The molecule has 0 aromatic heterocycles. The van der Waals surface area contributed by atoms with Gasteiger partial charge in [-0.25, -0.2) is 0 Å². The van der Waals surface area contributed by atoms with Gasteiger partial charge in [0.1, 0.15) is 11.5 Å². The van der Waals surface area contributed by atoms with Gasteiger partial charge >= 0.3 is 18.1 Å². The number of benzene rings is 2. The van der Waals surface area contributed by atoms with Crippen molar-refractivity contribution in [1.82, 2.24) is 0 Å². The number of fused-ring (bicyclic) bond motifs is 1. The largest absolute Gasteiger partial charge is 0.508 e. The first kappa shape index (κ1) is 37.0. The van der Waals surface area contributed by atoms with E-state index in [-0.39, 0.29) is 36.7 Å². The summed E-state index contributed by atoms with van der Waals surface area (Å²) in [5.41, 5.74) is -0.214. The summed E-state index contributed by atoms with van der Waals surface area (Å²) in [6.07, 6.45) is -0.979. The van der Waals surface area contributed by atoms with Gasteiger partial charge in [0.25, 0.3) is 0 Å². The molecule has 4 nitrogen and oxygen atoms in total. The van der Waals surface area contributed by atoms with Crippen molar-refractivity contribution < 1.29 is 42.1 Å². The number of hydrogen-bond acceptors (Lipinski definition) is 4. The summed E-state index contributed by atoms with van der Waals surface area (Å²) in [5, 5.41) is 31.3. The van der Waals surface area contributed by atoms with Crippen molar-refractivity contribution in [1.29, 1.82) is 0 Å². The molecule has 0 saturated heterocycles. The van der Waals surface area contributed by atoms with E-state index >= 15 is 0 Å². The van der Waals surface area contributed by atoms with Crippen LogP contribution in [-0.4, -0.2) is 39.1 Å². The number of phenolic OH excluding ortho intramolecular Hbond substituents is 2. The molecule has 1 aliphatic rings. The first-order chi connectivity index (χ1) is 21.1. The molecule has 252 valence electrons. The van der Waals surface area contributed by atoms with Crippen LogP contribution in [0.4, 0.5) is 22.0 Å². The lowest BCUT2D eigenvalue weighted by atomic mass is 9.54. The van der Waals surface area contributed by atoms with Crippen LogP contribution in [0.2, 0.25) is 0 Å². The number of aliphatic carboxylic acids is 1. The number of halogens is 5. The zero-order chi connectivity index (χ0) is 33.5. The van der Waals surface area contributed by atoms with Crippen LogP contribution < -0.4 is 0 Å². The number of carbonyl (C=O) groups is 1. The van der Waals surface area contributed by atoms with E-state index in [1.165, 1.54) is 0 Å². The SMILES string of the molecule is CCCCCCCCC(C1c2ccc(O)cc2SCC1(C)c1ccc(O)cc1)C(CC)(CCCCC(F)(F)C(F)(F)F)C(=O)O. The highest BCUT2D eigenvalue weighted by Crippen LogP contribution is 2.60.